The van der Waals surface area contributed by atoms with Crippen LogP contribution in [0.2, 0.25) is 0 Å². The Morgan fingerprint density at radius 1 is 0.952 bits per heavy atom. The average molecular weight is 303 g/mol. The maximum absolute atomic E-state index is 12.5. The molecule has 0 fully saturated rings. The lowest BCUT2D eigenvalue weighted by Gasteiger charge is -2.11. The van der Waals surface area contributed by atoms with E-state index in [0.29, 0.717) is 22.4 Å². The van der Waals surface area contributed by atoms with Gasteiger partial charge in [0.15, 0.2) is 5.78 Å². The molecular weight excluding hydrogens is 286 g/mol. The van der Waals surface area contributed by atoms with Gasteiger partial charge in [0.05, 0.1) is 10.6 Å². The smallest absolute Gasteiger partial charge is 0.283 e. The van der Waals surface area contributed by atoms with Gasteiger partial charge in [-0.15, -0.1) is 0 Å². The third-order valence-corrected chi connectivity index (χ3v) is 4.85. The average Bonchev–Trinajstić information content (AvgIpc) is 2.30. The third-order valence-electron chi connectivity index (χ3n) is 3.25. The molecule has 0 saturated heterocycles. The third kappa shape index (κ3) is 3.19. The largest absolute Gasteiger partial charge is 0.290 e. The van der Waals surface area contributed by atoms with Crippen molar-refractivity contribution in [2.45, 2.75) is 32.6 Å². The van der Waals surface area contributed by atoms with Crippen molar-refractivity contribution < 1.29 is 13.2 Å². The lowest BCUT2D eigenvalue weighted by molar-refractivity contribution is -0.110. The zero-order valence-corrected chi connectivity index (χ0v) is 13.3. The molecule has 0 amide bonds. The molecule has 1 aliphatic carbocycles. The molecule has 0 heterocycles. The molecule has 0 saturated carbocycles. The quantitative estimate of drug-likeness (QED) is 0.789. The Balaban J connectivity index is 2.57. The van der Waals surface area contributed by atoms with E-state index in [-0.39, 0.29) is 10.7 Å². The second-order valence-corrected chi connectivity index (χ2v) is 6.78. The van der Waals surface area contributed by atoms with Crippen LogP contribution < -0.4 is 0 Å². The first-order valence-electron chi connectivity index (χ1n) is 6.54. The molecule has 5 heteroatoms. The Morgan fingerprint density at radius 3 is 2.05 bits per heavy atom. The monoisotopic (exact) mass is 303 g/mol. The van der Waals surface area contributed by atoms with Crippen LogP contribution in [0.1, 0.15) is 23.6 Å². The summed E-state index contributed by atoms with van der Waals surface area (Å²) in [6, 6.07) is 3.64. The molecule has 0 radical (unpaired) electrons. The molecule has 1 aromatic carbocycles. The lowest BCUT2D eigenvalue weighted by Crippen LogP contribution is -2.11. The van der Waals surface area contributed by atoms with Crippen molar-refractivity contribution in [1.82, 2.24) is 0 Å². The molecule has 0 aliphatic heterocycles. The van der Waals surface area contributed by atoms with Crippen molar-refractivity contribution in [1.29, 1.82) is 0 Å². The van der Waals surface area contributed by atoms with Crippen LogP contribution in [-0.2, 0) is 14.8 Å². The summed E-state index contributed by atoms with van der Waals surface area (Å²) in [5.41, 5.74) is 3.21. The Morgan fingerprint density at radius 2 is 1.52 bits per heavy atom. The summed E-state index contributed by atoms with van der Waals surface area (Å²) in [5.74, 6) is -0.161. The van der Waals surface area contributed by atoms with Crippen molar-refractivity contribution in [3.8, 4) is 0 Å². The predicted molar refractivity (Wildman–Crippen MR) is 83.2 cm³/mol. The molecule has 21 heavy (non-hydrogen) atoms. The minimum absolute atomic E-state index is 0.161. The molecule has 0 N–H and O–H groups in total. The number of rotatable bonds is 2. The van der Waals surface area contributed by atoms with Gasteiger partial charge in [0.25, 0.3) is 10.0 Å². The predicted octanol–water partition coefficient (Wildman–Crippen LogP) is 2.83. The first-order valence-corrected chi connectivity index (χ1v) is 7.98. The van der Waals surface area contributed by atoms with Crippen LogP contribution in [0.5, 0.6) is 0 Å². The normalized spacial score (nSPS) is 17.2. The second-order valence-electron chi connectivity index (χ2n) is 5.24. The number of nitrogens with zero attached hydrogens (tertiary/aromatic N) is 1. The zero-order chi connectivity index (χ0) is 15.8. The fraction of sp³-hybridized carbons (Fsp3) is 0.250. The number of carbonyl (C=O) groups is 1. The molecule has 1 aromatic rings. The van der Waals surface area contributed by atoms with E-state index in [1.165, 1.54) is 18.2 Å². The summed E-state index contributed by atoms with van der Waals surface area (Å²) in [4.78, 5) is 11.5. The van der Waals surface area contributed by atoms with Gasteiger partial charge in [-0.25, -0.2) is 0 Å². The zero-order valence-electron chi connectivity index (χ0n) is 12.5. The number of aryl methyl sites for hydroxylation is 3. The molecule has 0 aromatic heterocycles. The second kappa shape index (κ2) is 5.41. The van der Waals surface area contributed by atoms with E-state index in [1.54, 1.807) is 20.8 Å². The van der Waals surface area contributed by atoms with Gasteiger partial charge in [-0.3, -0.25) is 4.79 Å². The van der Waals surface area contributed by atoms with Crippen molar-refractivity contribution in [2.24, 2.45) is 4.40 Å². The van der Waals surface area contributed by atoms with Crippen molar-refractivity contribution in [3.63, 3.8) is 0 Å². The van der Waals surface area contributed by atoms with Crippen molar-refractivity contribution >= 4 is 21.5 Å². The fourth-order valence-electron chi connectivity index (χ4n) is 2.48. The van der Waals surface area contributed by atoms with Crippen LogP contribution in [0.4, 0.5) is 0 Å². The van der Waals surface area contributed by atoms with Gasteiger partial charge < -0.3 is 0 Å². The van der Waals surface area contributed by atoms with E-state index < -0.39 is 10.0 Å². The molecule has 0 unspecified atom stereocenters. The van der Waals surface area contributed by atoms with Crippen LogP contribution in [0, 0.1) is 20.8 Å². The summed E-state index contributed by atoms with van der Waals surface area (Å²) in [7, 11) is -3.80. The molecule has 0 bridgehead atoms. The van der Waals surface area contributed by atoms with E-state index in [4.69, 9.17) is 0 Å². The minimum Gasteiger partial charge on any atom is -0.290 e. The number of ketones is 1. The van der Waals surface area contributed by atoms with Gasteiger partial charge in [-0.05, 0) is 62.6 Å². The fourth-order valence-corrected chi connectivity index (χ4v) is 3.97. The van der Waals surface area contributed by atoms with E-state index in [9.17, 15) is 13.2 Å². The Kier molecular flexibility index (Phi) is 3.96. The van der Waals surface area contributed by atoms with E-state index in [2.05, 4.69) is 4.40 Å². The first-order chi connectivity index (χ1) is 9.70. The van der Waals surface area contributed by atoms with Gasteiger partial charge in [0.1, 0.15) is 0 Å². The van der Waals surface area contributed by atoms with E-state index in [0.717, 1.165) is 5.56 Å². The maximum Gasteiger partial charge on any atom is 0.283 e. The Labute approximate surface area is 125 Å². The molecule has 2 rings (SSSR count). The topological polar surface area (TPSA) is 63.6 Å². The van der Waals surface area contributed by atoms with Crippen molar-refractivity contribution in [2.75, 3.05) is 0 Å². The van der Waals surface area contributed by atoms with Gasteiger partial charge in [0.2, 0.25) is 0 Å². The van der Waals surface area contributed by atoms with Gasteiger partial charge in [-0.2, -0.15) is 12.8 Å². The standard InChI is InChI=1S/C16H17NO3S/c1-10-7-12(3)16(13(4)8-10)21(19,20)17-15-6-5-14(18)9-11(15)2/h5-9H,1-4H3. The van der Waals surface area contributed by atoms with Crippen LogP contribution in [0.3, 0.4) is 0 Å². The Bertz CT molecular complexity index is 789. The molecule has 0 spiro atoms. The number of benzene rings is 1. The summed E-state index contributed by atoms with van der Waals surface area (Å²) >= 11 is 0. The highest BCUT2D eigenvalue weighted by molar-refractivity contribution is 7.90. The van der Waals surface area contributed by atoms with Gasteiger partial charge >= 0.3 is 0 Å². The van der Waals surface area contributed by atoms with Crippen molar-refractivity contribution in [3.05, 3.63) is 52.6 Å². The summed E-state index contributed by atoms with van der Waals surface area (Å²) in [6.07, 6.45) is 4.13. The molecule has 110 valence electrons. The number of sulfonamides is 1. The molecule has 4 nitrogen and oxygen atoms in total. The van der Waals surface area contributed by atoms with E-state index in [1.807, 2.05) is 19.1 Å². The maximum atomic E-state index is 12.5. The van der Waals surface area contributed by atoms with Crippen LogP contribution in [-0.4, -0.2) is 19.9 Å². The highest BCUT2D eigenvalue weighted by Gasteiger charge is 2.21. The molecule has 1 aliphatic rings. The van der Waals surface area contributed by atoms with Crippen LogP contribution >= 0.6 is 0 Å². The highest BCUT2D eigenvalue weighted by Crippen LogP contribution is 2.24. The number of hydrogen-bond donors (Lipinski definition) is 0. The number of carbonyl (C=O) groups excluding carboxylic acids is 1. The number of allylic oxidation sites excluding steroid dienone is 4. The van der Waals surface area contributed by atoms with Gasteiger partial charge in [0, 0.05) is 0 Å². The van der Waals surface area contributed by atoms with E-state index >= 15 is 0 Å². The molecular formula is C16H17NO3S. The number of hydrogen-bond acceptors (Lipinski definition) is 3. The summed E-state index contributed by atoms with van der Waals surface area (Å²) < 4.78 is 29.0. The lowest BCUT2D eigenvalue weighted by atomic mass is 10.1. The van der Waals surface area contributed by atoms with Gasteiger partial charge in [-0.1, -0.05) is 17.7 Å². The highest BCUT2D eigenvalue weighted by atomic mass is 32.2. The SMILES string of the molecule is CC1=CC(=O)C=CC1=NS(=O)(=O)c1c(C)cc(C)cc1C. The van der Waals surface area contributed by atoms with Crippen LogP contribution in [0.15, 0.2) is 45.2 Å². The molecule has 0 atom stereocenters. The first kappa shape index (κ1) is 15.4. The minimum atomic E-state index is -3.80. The Hall–Kier alpha value is -2.01. The summed E-state index contributed by atoms with van der Waals surface area (Å²) in [5, 5.41) is 0. The summed E-state index contributed by atoms with van der Waals surface area (Å²) in [6.45, 7) is 7.11. The van der Waals surface area contributed by atoms with Crippen LogP contribution in [0.25, 0.3) is 0 Å².